The minimum Gasteiger partial charge on any atom is -0.369 e. The molecule has 22 heavy (non-hydrogen) atoms. The maximum Gasteiger partial charge on any atom is 0.190 e. The van der Waals surface area contributed by atoms with E-state index in [0.717, 1.165) is 17.5 Å². The molecule has 0 saturated carbocycles. The number of fused-ring (bicyclic) bond motifs is 3. The average molecular weight is 336 g/mol. The van der Waals surface area contributed by atoms with Crippen LogP contribution in [0.3, 0.4) is 0 Å². The van der Waals surface area contributed by atoms with Gasteiger partial charge in [-0.25, -0.2) is 9.97 Å². The third-order valence-electron chi connectivity index (χ3n) is 4.30. The van der Waals surface area contributed by atoms with E-state index in [1.807, 2.05) is 11.3 Å². The molecular weight excluding hydrogens is 310 g/mol. The molecule has 0 amide bonds. The Labute approximate surface area is 141 Å². The minimum absolute atomic E-state index is 0.891. The van der Waals surface area contributed by atoms with Gasteiger partial charge in [0, 0.05) is 11.4 Å². The highest BCUT2D eigenvalue weighted by Gasteiger charge is 2.20. The summed E-state index contributed by atoms with van der Waals surface area (Å²) in [6, 6.07) is 0. The van der Waals surface area contributed by atoms with Gasteiger partial charge in [0.1, 0.15) is 10.6 Å². The number of nitrogens with zero attached hydrogens (tertiary/aromatic N) is 2. The number of anilines is 1. The van der Waals surface area contributed by atoms with Crippen molar-refractivity contribution in [1.82, 2.24) is 9.97 Å². The van der Waals surface area contributed by atoms with E-state index in [0.29, 0.717) is 0 Å². The van der Waals surface area contributed by atoms with Crippen LogP contribution < -0.4 is 5.32 Å². The van der Waals surface area contributed by atoms with Crippen molar-refractivity contribution >= 4 is 39.1 Å². The summed E-state index contributed by atoms with van der Waals surface area (Å²) >= 11 is 3.52. The molecule has 0 radical (unpaired) electrons. The van der Waals surface area contributed by atoms with Crippen molar-refractivity contribution in [1.29, 1.82) is 0 Å². The lowest BCUT2D eigenvalue weighted by molar-refractivity contribution is 0.683. The molecule has 0 aromatic carbocycles. The van der Waals surface area contributed by atoms with E-state index in [2.05, 4.69) is 18.5 Å². The fourth-order valence-electron chi connectivity index (χ4n) is 3.12. The zero-order valence-electron chi connectivity index (χ0n) is 13.6. The zero-order valence-corrected chi connectivity index (χ0v) is 15.2. The molecule has 120 valence electrons. The predicted molar refractivity (Wildman–Crippen MR) is 98.5 cm³/mol. The Kier molecular flexibility index (Phi) is 5.58. The lowest BCUT2D eigenvalue weighted by atomic mass is 9.97. The molecule has 5 heteroatoms. The molecule has 0 saturated heterocycles. The van der Waals surface area contributed by atoms with Crippen LogP contribution in [-0.2, 0) is 12.8 Å². The Morgan fingerprint density at radius 2 is 2.00 bits per heavy atom. The SMILES string of the molecule is CCCCCCNc1nc(SC)nc2sc3c(c12)CCCC3. The largest absolute Gasteiger partial charge is 0.369 e. The van der Waals surface area contributed by atoms with Gasteiger partial charge in [-0.2, -0.15) is 0 Å². The highest BCUT2D eigenvalue weighted by atomic mass is 32.2. The van der Waals surface area contributed by atoms with Crippen LogP contribution in [0.15, 0.2) is 5.16 Å². The molecule has 2 aromatic rings. The molecule has 0 aliphatic heterocycles. The number of aromatic nitrogens is 2. The van der Waals surface area contributed by atoms with E-state index in [1.165, 1.54) is 67.1 Å². The molecule has 1 N–H and O–H groups in total. The van der Waals surface area contributed by atoms with Gasteiger partial charge >= 0.3 is 0 Å². The normalized spacial score (nSPS) is 14.3. The summed E-state index contributed by atoms with van der Waals surface area (Å²) in [7, 11) is 0. The fraction of sp³-hybridized carbons (Fsp3) is 0.647. The van der Waals surface area contributed by atoms with Crippen molar-refractivity contribution in [3.63, 3.8) is 0 Å². The number of nitrogens with one attached hydrogen (secondary N) is 1. The fourth-order valence-corrected chi connectivity index (χ4v) is 4.80. The summed E-state index contributed by atoms with van der Waals surface area (Å²) in [5, 5.41) is 5.80. The Hall–Kier alpha value is -0.810. The van der Waals surface area contributed by atoms with Gasteiger partial charge in [-0.05, 0) is 43.9 Å². The first-order valence-electron chi connectivity index (χ1n) is 8.43. The van der Waals surface area contributed by atoms with Crippen molar-refractivity contribution in [2.24, 2.45) is 0 Å². The zero-order chi connectivity index (χ0) is 15.4. The van der Waals surface area contributed by atoms with Crippen molar-refractivity contribution in [3.05, 3.63) is 10.4 Å². The van der Waals surface area contributed by atoms with Crippen LogP contribution in [0.1, 0.15) is 55.9 Å². The lowest BCUT2D eigenvalue weighted by Gasteiger charge is -2.13. The first-order valence-corrected chi connectivity index (χ1v) is 10.5. The number of hydrogen-bond acceptors (Lipinski definition) is 5. The van der Waals surface area contributed by atoms with E-state index in [4.69, 9.17) is 9.97 Å². The summed E-state index contributed by atoms with van der Waals surface area (Å²) in [5.74, 6) is 1.07. The van der Waals surface area contributed by atoms with Gasteiger partial charge in [0.15, 0.2) is 5.16 Å². The topological polar surface area (TPSA) is 37.8 Å². The number of hydrogen-bond donors (Lipinski definition) is 1. The molecule has 1 aliphatic carbocycles. The summed E-state index contributed by atoms with van der Waals surface area (Å²) in [6.07, 6.45) is 12.2. The number of thioether (sulfide) groups is 1. The first-order chi connectivity index (χ1) is 10.8. The molecular formula is C17H25N3S2. The van der Waals surface area contributed by atoms with E-state index in [9.17, 15) is 0 Å². The first kappa shape index (κ1) is 16.1. The summed E-state index contributed by atoms with van der Waals surface area (Å²) in [4.78, 5) is 12.2. The Morgan fingerprint density at radius 3 is 2.82 bits per heavy atom. The van der Waals surface area contributed by atoms with Crippen LogP contribution >= 0.6 is 23.1 Å². The quantitative estimate of drug-likeness (QED) is 0.424. The molecule has 1 aliphatic rings. The van der Waals surface area contributed by atoms with Crippen LogP contribution in [0.4, 0.5) is 5.82 Å². The number of unbranched alkanes of at least 4 members (excludes halogenated alkanes) is 3. The van der Waals surface area contributed by atoms with Crippen molar-refractivity contribution in [2.75, 3.05) is 18.1 Å². The van der Waals surface area contributed by atoms with Gasteiger partial charge in [0.2, 0.25) is 0 Å². The third-order valence-corrected chi connectivity index (χ3v) is 6.03. The summed E-state index contributed by atoms with van der Waals surface area (Å²) in [6.45, 7) is 3.27. The molecule has 3 nitrogen and oxygen atoms in total. The van der Waals surface area contributed by atoms with Crippen molar-refractivity contribution < 1.29 is 0 Å². The molecule has 2 heterocycles. The molecule has 0 unspecified atom stereocenters. The van der Waals surface area contributed by atoms with Gasteiger partial charge in [-0.3, -0.25) is 0 Å². The van der Waals surface area contributed by atoms with Crippen LogP contribution in [-0.4, -0.2) is 22.8 Å². The van der Waals surface area contributed by atoms with E-state index >= 15 is 0 Å². The minimum atomic E-state index is 0.891. The van der Waals surface area contributed by atoms with Gasteiger partial charge in [0.05, 0.1) is 5.39 Å². The highest BCUT2D eigenvalue weighted by molar-refractivity contribution is 7.98. The molecule has 0 spiro atoms. The summed E-state index contributed by atoms with van der Waals surface area (Å²) < 4.78 is 0. The van der Waals surface area contributed by atoms with E-state index < -0.39 is 0 Å². The standard InChI is InChI=1S/C17H25N3S2/c1-3-4-5-8-11-18-15-14-12-9-6-7-10-13(12)22-16(14)20-17(19-15)21-2/h3-11H2,1-2H3,(H,18,19,20). The maximum absolute atomic E-state index is 4.76. The van der Waals surface area contributed by atoms with E-state index in [-0.39, 0.29) is 0 Å². The molecule has 2 aromatic heterocycles. The molecule has 3 rings (SSSR count). The molecule has 0 bridgehead atoms. The highest BCUT2D eigenvalue weighted by Crippen LogP contribution is 2.39. The van der Waals surface area contributed by atoms with Crippen LogP contribution in [0.2, 0.25) is 0 Å². The van der Waals surface area contributed by atoms with Crippen LogP contribution in [0.25, 0.3) is 10.2 Å². The number of thiophene rings is 1. The Morgan fingerprint density at radius 1 is 1.14 bits per heavy atom. The molecule has 0 fully saturated rings. The number of rotatable bonds is 7. The third kappa shape index (κ3) is 3.40. The predicted octanol–water partition coefficient (Wildman–Crippen LogP) is 5.28. The van der Waals surface area contributed by atoms with Gasteiger partial charge in [-0.1, -0.05) is 37.9 Å². The number of aryl methyl sites for hydroxylation is 2. The molecule has 0 atom stereocenters. The van der Waals surface area contributed by atoms with Crippen LogP contribution in [0.5, 0.6) is 0 Å². The average Bonchev–Trinajstić information content (AvgIpc) is 2.92. The van der Waals surface area contributed by atoms with Crippen molar-refractivity contribution in [2.45, 2.75) is 63.4 Å². The monoisotopic (exact) mass is 335 g/mol. The van der Waals surface area contributed by atoms with E-state index in [1.54, 1.807) is 16.6 Å². The van der Waals surface area contributed by atoms with Gasteiger partial charge < -0.3 is 5.32 Å². The maximum atomic E-state index is 4.76. The van der Waals surface area contributed by atoms with Crippen molar-refractivity contribution in [3.8, 4) is 0 Å². The Bertz CT molecular complexity index is 636. The van der Waals surface area contributed by atoms with Crippen LogP contribution in [0, 0.1) is 0 Å². The second-order valence-electron chi connectivity index (χ2n) is 5.94. The van der Waals surface area contributed by atoms with Gasteiger partial charge in [0.25, 0.3) is 0 Å². The van der Waals surface area contributed by atoms with Gasteiger partial charge in [-0.15, -0.1) is 11.3 Å². The second kappa shape index (κ2) is 7.64. The lowest BCUT2D eigenvalue weighted by Crippen LogP contribution is -2.06. The smallest absolute Gasteiger partial charge is 0.190 e. The summed E-state index contributed by atoms with van der Waals surface area (Å²) in [5.41, 5.74) is 1.52. The second-order valence-corrected chi connectivity index (χ2v) is 7.79. The Balaban J connectivity index is 1.87.